The maximum absolute atomic E-state index is 13.2. The van der Waals surface area contributed by atoms with Gasteiger partial charge in [-0.25, -0.2) is 4.98 Å². The number of amides is 1. The predicted molar refractivity (Wildman–Crippen MR) is 143 cm³/mol. The Morgan fingerprint density at radius 3 is 2.32 bits per heavy atom. The number of nitrogens with zero attached hydrogens (tertiary/aromatic N) is 2. The number of hydrogen-bond donors (Lipinski definition) is 1. The van der Waals surface area contributed by atoms with Gasteiger partial charge in [0.25, 0.3) is 5.91 Å². The molecular weight excluding hydrogens is 494 g/mol. The van der Waals surface area contributed by atoms with Crippen LogP contribution >= 0.6 is 11.6 Å². The van der Waals surface area contributed by atoms with E-state index in [4.69, 9.17) is 35.5 Å². The van der Waals surface area contributed by atoms with E-state index in [-0.39, 0.29) is 11.9 Å². The van der Waals surface area contributed by atoms with Crippen LogP contribution in [-0.2, 0) is 6.54 Å². The van der Waals surface area contributed by atoms with Crippen molar-refractivity contribution in [1.29, 1.82) is 0 Å². The van der Waals surface area contributed by atoms with Gasteiger partial charge in [-0.3, -0.25) is 4.79 Å². The van der Waals surface area contributed by atoms with Crippen molar-refractivity contribution < 1.29 is 23.7 Å². The highest BCUT2D eigenvalue weighted by molar-refractivity contribution is 6.32. The van der Waals surface area contributed by atoms with Crippen LogP contribution in [0.4, 0.5) is 0 Å². The van der Waals surface area contributed by atoms with Gasteiger partial charge in [0.2, 0.25) is 5.75 Å². The summed E-state index contributed by atoms with van der Waals surface area (Å²) in [5, 5.41) is 3.64. The lowest BCUT2D eigenvalue weighted by Gasteiger charge is -2.18. The number of aromatic nitrogens is 2. The number of nitrogens with one attached hydrogen (secondary N) is 1. The fourth-order valence-corrected chi connectivity index (χ4v) is 4.37. The highest BCUT2D eigenvalue weighted by Gasteiger charge is 2.22. The van der Waals surface area contributed by atoms with E-state index in [0.717, 1.165) is 23.3 Å². The van der Waals surface area contributed by atoms with E-state index in [1.807, 2.05) is 49.4 Å². The molecule has 1 unspecified atom stereocenters. The number of halogens is 1. The quantitative estimate of drug-likeness (QED) is 0.255. The molecule has 194 valence electrons. The maximum Gasteiger partial charge on any atom is 0.252 e. The summed E-state index contributed by atoms with van der Waals surface area (Å²) < 4.78 is 24.1. The van der Waals surface area contributed by atoms with Gasteiger partial charge in [-0.15, -0.1) is 0 Å². The molecule has 0 spiro atoms. The minimum atomic E-state index is -0.372. The number of carbonyl (C=O) groups excluding carboxylic acids is 1. The van der Waals surface area contributed by atoms with Crippen LogP contribution in [0.15, 0.2) is 60.7 Å². The summed E-state index contributed by atoms with van der Waals surface area (Å²) in [4.78, 5) is 18.0. The van der Waals surface area contributed by atoms with Crippen LogP contribution in [0.2, 0.25) is 5.02 Å². The van der Waals surface area contributed by atoms with Crippen LogP contribution in [0.25, 0.3) is 11.0 Å². The Kier molecular flexibility index (Phi) is 8.40. The molecule has 1 heterocycles. The summed E-state index contributed by atoms with van der Waals surface area (Å²) in [6.07, 6.45) is 0.728. The zero-order valence-electron chi connectivity index (χ0n) is 21.3. The second-order valence-electron chi connectivity index (χ2n) is 8.35. The Morgan fingerprint density at radius 2 is 1.65 bits per heavy atom. The van der Waals surface area contributed by atoms with Gasteiger partial charge in [-0.2, -0.15) is 0 Å². The summed E-state index contributed by atoms with van der Waals surface area (Å²) in [7, 11) is 4.55. The SMILES string of the molecule is COc1cc(C(=O)NC(C)c2nc3ccccc3n2CCCOc2ccccc2Cl)cc(OC)c1OC. The molecule has 0 aliphatic carbocycles. The molecule has 4 aromatic rings. The first kappa shape index (κ1) is 26.2. The zero-order chi connectivity index (χ0) is 26.4. The third kappa shape index (κ3) is 5.75. The molecule has 0 saturated carbocycles. The smallest absolute Gasteiger partial charge is 0.252 e. The molecule has 0 aliphatic heterocycles. The number of benzene rings is 3. The Balaban J connectivity index is 1.53. The number of fused-ring (bicyclic) bond motifs is 1. The molecular formula is C28H30ClN3O5. The number of aryl methyl sites for hydroxylation is 1. The predicted octanol–water partition coefficient (Wildman–Crippen LogP) is 5.68. The normalized spacial score (nSPS) is 11.7. The number of rotatable bonds is 11. The van der Waals surface area contributed by atoms with Crippen LogP contribution in [0.3, 0.4) is 0 Å². The lowest BCUT2D eigenvalue weighted by molar-refractivity contribution is 0.0936. The fraction of sp³-hybridized carbons (Fsp3) is 0.286. The van der Waals surface area contributed by atoms with Gasteiger partial charge < -0.3 is 28.8 Å². The van der Waals surface area contributed by atoms with Gasteiger partial charge in [0.1, 0.15) is 11.6 Å². The second kappa shape index (κ2) is 11.9. The lowest BCUT2D eigenvalue weighted by atomic mass is 10.1. The summed E-state index contributed by atoms with van der Waals surface area (Å²) in [6, 6.07) is 18.2. The van der Waals surface area contributed by atoms with E-state index in [2.05, 4.69) is 9.88 Å². The molecule has 1 N–H and O–H groups in total. The fourth-order valence-electron chi connectivity index (χ4n) is 4.18. The zero-order valence-corrected chi connectivity index (χ0v) is 22.0. The van der Waals surface area contributed by atoms with Crippen molar-refractivity contribution in [1.82, 2.24) is 14.9 Å². The number of ether oxygens (including phenoxy) is 4. The van der Waals surface area contributed by atoms with E-state index in [1.165, 1.54) is 21.3 Å². The van der Waals surface area contributed by atoms with E-state index in [0.29, 0.717) is 46.7 Å². The number of para-hydroxylation sites is 3. The van der Waals surface area contributed by atoms with E-state index in [9.17, 15) is 4.79 Å². The Bertz CT molecular complexity index is 1360. The standard InChI is InChI=1S/C28H30ClN3O5/c1-18(30-28(33)19-16-24(34-2)26(36-4)25(17-19)35-3)27-31-21-11-6-7-12-22(21)32(27)14-9-15-37-23-13-8-5-10-20(23)29/h5-8,10-13,16-18H,9,14-15H2,1-4H3,(H,30,33). The minimum absolute atomic E-state index is 0.285. The third-order valence-corrected chi connectivity index (χ3v) is 6.28. The van der Waals surface area contributed by atoms with Gasteiger partial charge in [0.05, 0.1) is 50.0 Å². The van der Waals surface area contributed by atoms with Crippen molar-refractivity contribution >= 4 is 28.5 Å². The molecule has 0 bridgehead atoms. The van der Waals surface area contributed by atoms with Crippen LogP contribution < -0.4 is 24.3 Å². The molecule has 0 saturated heterocycles. The average Bonchev–Trinajstić information content (AvgIpc) is 3.29. The van der Waals surface area contributed by atoms with Gasteiger partial charge in [-0.05, 0) is 49.7 Å². The number of imidazole rings is 1. The van der Waals surface area contributed by atoms with Gasteiger partial charge in [-0.1, -0.05) is 35.9 Å². The van der Waals surface area contributed by atoms with Crippen molar-refractivity contribution in [3.63, 3.8) is 0 Å². The molecule has 4 rings (SSSR count). The lowest BCUT2D eigenvalue weighted by Crippen LogP contribution is -2.29. The molecule has 1 aromatic heterocycles. The highest BCUT2D eigenvalue weighted by Crippen LogP contribution is 2.38. The van der Waals surface area contributed by atoms with Gasteiger partial charge in [0.15, 0.2) is 11.5 Å². The van der Waals surface area contributed by atoms with Gasteiger partial charge in [0, 0.05) is 12.1 Å². The van der Waals surface area contributed by atoms with Crippen molar-refractivity contribution in [3.8, 4) is 23.0 Å². The first-order valence-electron chi connectivity index (χ1n) is 11.9. The molecule has 3 aromatic carbocycles. The summed E-state index contributed by atoms with van der Waals surface area (Å²) in [5.74, 6) is 2.37. The Morgan fingerprint density at radius 1 is 0.973 bits per heavy atom. The van der Waals surface area contributed by atoms with Crippen molar-refractivity contribution in [2.45, 2.75) is 25.9 Å². The van der Waals surface area contributed by atoms with Crippen molar-refractivity contribution in [3.05, 3.63) is 77.1 Å². The van der Waals surface area contributed by atoms with E-state index in [1.54, 1.807) is 18.2 Å². The van der Waals surface area contributed by atoms with Crippen LogP contribution in [0.5, 0.6) is 23.0 Å². The van der Waals surface area contributed by atoms with Crippen LogP contribution in [0, 0.1) is 0 Å². The highest BCUT2D eigenvalue weighted by atomic mass is 35.5. The third-order valence-electron chi connectivity index (χ3n) is 5.97. The first-order valence-corrected chi connectivity index (χ1v) is 12.3. The maximum atomic E-state index is 13.2. The largest absolute Gasteiger partial charge is 0.493 e. The summed E-state index contributed by atoms with van der Waals surface area (Å²) >= 11 is 6.20. The van der Waals surface area contributed by atoms with Crippen LogP contribution in [0.1, 0.15) is 35.6 Å². The number of carbonyl (C=O) groups is 1. The molecule has 0 radical (unpaired) electrons. The number of methoxy groups -OCH3 is 3. The van der Waals surface area contributed by atoms with Crippen LogP contribution in [-0.4, -0.2) is 43.4 Å². The Hall–Kier alpha value is -3.91. The summed E-state index contributed by atoms with van der Waals surface area (Å²) in [6.45, 7) is 3.06. The first-order chi connectivity index (χ1) is 18.0. The molecule has 0 fully saturated rings. The molecule has 8 nitrogen and oxygen atoms in total. The monoisotopic (exact) mass is 523 g/mol. The topological polar surface area (TPSA) is 83.8 Å². The molecule has 9 heteroatoms. The molecule has 1 amide bonds. The molecule has 37 heavy (non-hydrogen) atoms. The van der Waals surface area contributed by atoms with Crippen molar-refractivity contribution in [2.75, 3.05) is 27.9 Å². The van der Waals surface area contributed by atoms with Gasteiger partial charge >= 0.3 is 0 Å². The van der Waals surface area contributed by atoms with E-state index < -0.39 is 0 Å². The average molecular weight is 524 g/mol. The second-order valence-corrected chi connectivity index (χ2v) is 8.76. The minimum Gasteiger partial charge on any atom is -0.493 e. The molecule has 1 atom stereocenters. The number of hydrogen-bond acceptors (Lipinski definition) is 6. The van der Waals surface area contributed by atoms with Crippen molar-refractivity contribution in [2.24, 2.45) is 0 Å². The van der Waals surface area contributed by atoms with E-state index >= 15 is 0 Å². The summed E-state index contributed by atoms with van der Waals surface area (Å²) in [5.41, 5.74) is 2.24. The molecule has 0 aliphatic rings. The Labute approximate surface area is 221 Å².